The molecule has 0 unspecified atom stereocenters. The molecule has 31 heavy (non-hydrogen) atoms. The normalized spacial score (nSPS) is 12.3. The van der Waals surface area contributed by atoms with Crippen molar-refractivity contribution in [3.05, 3.63) is 35.9 Å². The van der Waals surface area contributed by atoms with Gasteiger partial charge in [0.15, 0.2) is 0 Å². The Morgan fingerprint density at radius 1 is 0.968 bits per heavy atom. The monoisotopic (exact) mass is 455 g/mol. The summed E-state index contributed by atoms with van der Waals surface area (Å²) in [6, 6.07) is 9.50. The summed E-state index contributed by atoms with van der Waals surface area (Å²) in [5, 5.41) is 2.95. The van der Waals surface area contributed by atoms with Crippen molar-refractivity contribution in [2.24, 2.45) is 0 Å². The van der Waals surface area contributed by atoms with Gasteiger partial charge in [-0.15, -0.1) is 0 Å². The number of unbranched alkanes of at least 4 members (excludes halogenated alkanes) is 3. The van der Waals surface area contributed by atoms with Gasteiger partial charge < -0.3 is 10.1 Å². The number of Topliss-reactive ketones (excluding diaryl/α,β-unsaturated/α-hetero) is 1. The minimum Gasteiger partial charge on any atom is -0.445 e. The molecule has 0 radical (unpaired) electrons. The van der Waals surface area contributed by atoms with Gasteiger partial charge in [0.2, 0.25) is 0 Å². The second kappa shape index (κ2) is 15.8. The van der Waals surface area contributed by atoms with Crippen LogP contribution in [0.3, 0.4) is 0 Å². The highest BCUT2D eigenvalue weighted by atomic mass is 32.2. The van der Waals surface area contributed by atoms with E-state index < -0.39 is 16.2 Å². The highest BCUT2D eigenvalue weighted by molar-refractivity contribution is 7.85. The van der Waals surface area contributed by atoms with Crippen molar-refractivity contribution in [2.45, 2.75) is 83.8 Å². The number of alkyl carbamates (subject to hydrolysis) is 1. The molecule has 0 heterocycles. The summed E-state index contributed by atoms with van der Waals surface area (Å²) in [6.45, 7) is 2.41. The number of hydrogen-bond acceptors (Lipinski definition) is 6. The molecule has 0 saturated carbocycles. The fraction of sp³-hybridized carbons (Fsp3) is 0.652. The first-order valence-corrected chi connectivity index (χ1v) is 12.9. The highest BCUT2D eigenvalue weighted by Gasteiger charge is 2.14. The summed E-state index contributed by atoms with van der Waals surface area (Å²) >= 11 is 0. The van der Waals surface area contributed by atoms with Crippen LogP contribution in [0.1, 0.15) is 76.7 Å². The molecule has 0 spiro atoms. The molecular weight excluding hydrogens is 418 g/mol. The molecule has 0 aliphatic carbocycles. The number of ether oxygens (including phenoxy) is 1. The van der Waals surface area contributed by atoms with Crippen molar-refractivity contribution in [1.82, 2.24) is 5.32 Å². The van der Waals surface area contributed by atoms with E-state index in [1.807, 2.05) is 30.3 Å². The number of benzene rings is 1. The number of carbonyl (C=O) groups excluding carboxylic acids is 2. The Bertz CT molecular complexity index is 736. The molecule has 8 heteroatoms. The Hall–Kier alpha value is -1.93. The van der Waals surface area contributed by atoms with E-state index in [4.69, 9.17) is 4.74 Å². The first-order chi connectivity index (χ1) is 14.8. The molecular formula is C23H37NO6S. The first-order valence-electron chi connectivity index (χ1n) is 11.1. The van der Waals surface area contributed by atoms with Gasteiger partial charge in [-0.25, -0.2) is 4.79 Å². The first kappa shape index (κ1) is 27.1. The van der Waals surface area contributed by atoms with Gasteiger partial charge in [0.05, 0.1) is 12.9 Å². The molecule has 176 valence electrons. The molecule has 0 aromatic heterocycles. The van der Waals surface area contributed by atoms with Crippen LogP contribution in [0.25, 0.3) is 0 Å². The lowest BCUT2D eigenvalue weighted by atomic mass is 10.0. The average Bonchev–Trinajstić information content (AvgIpc) is 2.72. The van der Waals surface area contributed by atoms with Gasteiger partial charge in [-0.1, -0.05) is 62.9 Å². The lowest BCUT2D eigenvalue weighted by molar-refractivity contribution is -0.119. The molecule has 7 nitrogen and oxygen atoms in total. The molecule has 1 atom stereocenters. The molecule has 1 N–H and O–H groups in total. The van der Waals surface area contributed by atoms with Crippen molar-refractivity contribution in [3.8, 4) is 0 Å². The summed E-state index contributed by atoms with van der Waals surface area (Å²) in [5.74, 6) is 0.0773. The summed E-state index contributed by atoms with van der Waals surface area (Å²) in [7, 11) is -3.46. The Morgan fingerprint density at radius 2 is 1.65 bits per heavy atom. The maximum atomic E-state index is 12.2. The number of ketones is 1. The molecule has 1 amide bonds. The topological polar surface area (TPSA) is 98.8 Å². The van der Waals surface area contributed by atoms with Crippen molar-refractivity contribution < 1.29 is 26.9 Å². The largest absolute Gasteiger partial charge is 0.445 e. The van der Waals surface area contributed by atoms with Crippen LogP contribution < -0.4 is 5.32 Å². The van der Waals surface area contributed by atoms with Gasteiger partial charge in [-0.3, -0.25) is 8.98 Å². The highest BCUT2D eigenvalue weighted by Crippen LogP contribution is 2.13. The van der Waals surface area contributed by atoms with Gasteiger partial charge in [0.1, 0.15) is 12.4 Å². The van der Waals surface area contributed by atoms with E-state index in [1.54, 1.807) is 0 Å². The molecule has 0 aliphatic rings. The van der Waals surface area contributed by atoms with Gasteiger partial charge >= 0.3 is 6.09 Å². The zero-order chi connectivity index (χ0) is 23.0. The second-order valence-electron chi connectivity index (χ2n) is 7.81. The van der Waals surface area contributed by atoms with Crippen LogP contribution in [-0.4, -0.2) is 39.2 Å². The maximum Gasteiger partial charge on any atom is 0.407 e. The van der Waals surface area contributed by atoms with E-state index in [1.165, 1.54) is 6.42 Å². The van der Waals surface area contributed by atoms with E-state index >= 15 is 0 Å². The second-order valence-corrected chi connectivity index (χ2v) is 9.46. The summed E-state index contributed by atoms with van der Waals surface area (Å²) in [6.07, 6.45) is 8.33. The van der Waals surface area contributed by atoms with E-state index in [9.17, 15) is 18.0 Å². The van der Waals surface area contributed by atoms with Gasteiger partial charge in [-0.05, 0) is 31.2 Å². The van der Waals surface area contributed by atoms with E-state index in [0.29, 0.717) is 32.1 Å². The Labute approximate surface area is 187 Å². The van der Waals surface area contributed by atoms with E-state index in [0.717, 1.165) is 37.5 Å². The molecule has 0 aliphatic heterocycles. The van der Waals surface area contributed by atoms with E-state index in [-0.39, 0.29) is 25.0 Å². The molecule has 0 fully saturated rings. The lowest BCUT2D eigenvalue weighted by Gasteiger charge is -2.18. The van der Waals surface area contributed by atoms with Crippen molar-refractivity contribution in [2.75, 3.05) is 12.9 Å². The Kier molecular flexibility index (Phi) is 13.8. The summed E-state index contributed by atoms with van der Waals surface area (Å²) in [5.41, 5.74) is 0.933. The van der Waals surface area contributed by atoms with Gasteiger partial charge in [0, 0.05) is 18.9 Å². The van der Waals surface area contributed by atoms with Gasteiger partial charge in [-0.2, -0.15) is 8.42 Å². The van der Waals surface area contributed by atoms with Crippen molar-refractivity contribution in [3.63, 3.8) is 0 Å². The van der Waals surface area contributed by atoms with Crippen LogP contribution in [0.4, 0.5) is 4.79 Å². The molecule has 0 saturated heterocycles. The lowest BCUT2D eigenvalue weighted by Crippen LogP contribution is -2.35. The van der Waals surface area contributed by atoms with Crippen LogP contribution in [0, 0.1) is 0 Å². The third-order valence-electron chi connectivity index (χ3n) is 4.85. The minimum absolute atomic E-state index is 0.0264. The predicted molar refractivity (Wildman–Crippen MR) is 121 cm³/mol. The predicted octanol–water partition coefficient (Wildman–Crippen LogP) is 4.75. The van der Waals surface area contributed by atoms with Crippen LogP contribution in [0.5, 0.6) is 0 Å². The SMILES string of the molecule is CCCCCC[C@H](CCCC(=O)CCCOS(C)(=O)=O)NC(=O)OCc1ccccc1. The van der Waals surface area contributed by atoms with Crippen LogP contribution in [0.15, 0.2) is 30.3 Å². The molecule has 1 aromatic rings. The van der Waals surface area contributed by atoms with Crippen molar-refractivity contribution in [1.29, 1.82) is 0 Å². The third-order valence-corrected chi connectivity index (χ3v) is 5.44. The number of amides is 1. The van der Waals surface area contributed by atoms with Crippen LogP contribution >= 0.6 is 0 Å². The smallest absolute Gasteiger partial charge is 0.407 e. The number of carbonyl (C=O) groups is 2. The van der Waals surface area contributed by atoms with Crippen LogP contribution in [0.2, 0.25) is 0 Å². The molecule has 1 rings (SSSR count). The van der Waals surface area contributed by atoms with Crippen molar-refractivity contribution >= 4 is 22.0 Å². The third kappa shape index (κ3) is 15.5. The fourth-order valence-electron chi connectivity index (χ4n) is 3.19. The average molecular weight is 456 g/mol. The van der Waals surface area contributed by atoms with Crippen LogP contribution in [-0.2, 0) is 30.4 Å². The number of nitrogens with one attached hydrogen (secondary N) is 1. The summed E-state index contributed by atoms with van der Waals surface area (Å²) in [4.78, 5) is 24.2. The quantitative estimate of drug-likeness (QED) is 0.269. The summed E-state index contributed by atoms with van der Waals surface area (Å²) < 4.78 is 31.8. The van der Waals surface area contributed by atoms with E-state index in [2.05, 4.69) is 16.4 Å². The maximum absolute atomic E-state index is 12.2. The number of rotatable bonds is 17. The zero-order valence-electron chi connectivity index (χ0n) is 18.8. The molecule has 1 aromatic carbocycles. The fourth-order valence-corrected chi connectivity index (χ4v) is 3.61. The Morgan fingerprint density at radius 3 is 2.32 bits per heavy atom. The Balaban J connectivity index is 2.35. The minimum atomic E-state index is -3.46. The number of hydrogen-bond donors (Lipinski definition) is 1. The zero-order valence-corrected chi connectivity index (χ0v) is 19.6. The standard InChI is InChI=1S/C23H37NO6S/c1-3-4-5-9-14-21(24-23(26)29-19-20-12-7-6-8-13-20)15-10-16-22(25)17-11-18-30-31(2,27)28/h6-8,12-13,21H,3-5,9-11,14-19H2,1-2H3,(H,24,26)/t21-/m1/s1. The molecule has 0 bridgehead atoms. The van der Waals surface area contributed by atoms with Gasteiger partial charge in [0.25, 0.3) is 10.1 Å².